The van der Waals surface area contributed by atoms with E-state index in [1.54, 1.807) is 16.7 Å². The normalized spacial score (nSPS) is 13.6. The molecule has 2 unspecified atom stereocenters. The first kappa shape index (κ1) is 49.7. The maximum Gasteiger partial charge on any atom is 0.380 e. The number of carbonyl (C=O) groups is 9. The fourth-order valence-electron chi connectivity index (χ4n) is 4.80. The van der Waals surface area contributed by atoms with Crippen molar-refractivity contribution in [3.63, 3.8) is 0 Å². The van der Waals surface area contributed by atoms with Crippen molar-refractivity contribution in [2.24, 2.45) is 5.73 Å². The second-order valence-corrected chi connectivity index (χ2v) is 16.7. The summed E-state index contributed by atoms with van der Waals surface area (Å²) in [7, 11) is -15.4. The summed E-state index contributed by atoms with van der Waals surface area (Å²) < 4.78 is 101. The van der Waals surface area contributed by atoms with E-state index in [1.165, 1.54) is 36.5 Å². The van der Waals surface area contributed by atoms with Crippen molar-refractivity contribution in [1.29, 1.82) is 0 Å². The number of carboxylic acid groups (broad SMARTS) is 2. The number of rotatable bonds is 22. The molecule has 26 nitrogen and oxygen atoms in total. The lowest BCUT2D eigenvalue weighted by Crippen LogP contribution is -2.55. The zero-order chi connectivity index (χ0) is 45.9. The van der Waals surface area contributed by atoms with E-state index in [2.05, 4.69) is 0 Å². The summed E-state index contributed by atoms with van der Waals surface area (Å²) >= 11 is 0. The van der Waals surface area contributed by atoms with Gasteiger partial charge in [0.15, 0.2) is 0 Å². The third-order valence-corrected chi connectivity index (χ3v) is 9.83. The van der Waals surface area contributed by atoms with Crippen molar-refractivity contribution in [3.8, 4) is 0 Å². The zero-order valence-corrected chi connectivity index (χ0v) is 32.9. The lowest BCUT2D eigenvalue weighted by atomic mass is 9.93. The van der Waals surface area contributed by atoms with Crippen LogP contribution >= 0.6 is 0 Å². The van der Waals surface area contributed by atoms with Crippen molar-refractivity contribution in [2.75, 3.05) is 17.3 Å². The van der Waals surface area contributed by atoms with Crippen LogP contribution in [0.2, 0.25) is 0 Å². The van der Waals surface area contributed by atoms with Gasteiger partial charge in [-0.25, -0.2) is 14.4 Å². The molecule has 2 aromatic carbocycles. The maximum absolute atomic E-state index is 13.8. The molecule has 0 bridgehead atoms. The molecular formula is C31H35N5O21S3. The second-order valence-electron chi connectivity index (χ2n) is 12.2. The number of Topliss-reactive ketones (excluding diaryl/α,β-unsaturated/α-hetero) is 1. The number of esters is 1. The van der Waals surface area contributed by atoms with Gasteiger partial charge in [0.2, 0.25) is 17.7 Å². The predicted molar refractivity (Wildman–Crippen MR) is 197 cm³/mol. The Hall–Kier alpha value is -6.40. The Labute approximate surface area is 338 Å². The van der Waals surface area contributed by atoms with Crippen molar-refractivity contribution in [3.05, 3.63) is 70.3 Å². The Morgan fingerprint density at radius 1 is 0.600 bits per heavy atom. The minimum Gasteiger partial charge on any atom is -0.480 e. The van der Waals surface area contributed by atoms with Gasteiger partial charge in [-0.05, 0) is 24.1 Å². The van der Waals surface area contributed by atoms with Crippen LogP contribution in [0.3, 0.4) is 0 Å². The topological polar surface area (TPSA) is 441 Å². The van der Waals surface area contributed by atoms with Crippen LogP contribution < -0.4 is 27.0 Å². The molecule has 60 heavy (non-hydrogen) atoms. The molecule has 0 heterocycles. The summed E-state index contributed by atoms with van der Waals surface area (Å²) in [5.41, 5.74) is 1.49. The number of hydrogen-bond acceptors (Lipinski definition) is 16. The van der Waals surface area contributed by atoms with Gasteiger partial charge in [-0.3, -0.25) is 42.4 Å². The number of ketones is 1. The average molecular weight is 910 g/mol. The van der Waals surface area contributed by atoms with E-state index in [0.717, 1.165) is 0 Å². The summed E-state index contributed by atoms with van der Waals surface area (Å²) in [6.45, 7) is 0.694. The van der Waals surface area contributed by atoms with E-state index in [4.69, 9.17) is 19.6 Å². The summed E-state index contributed by atoms with van der Waals surface area (Å²) in [4.78, 5) is 115. The molecule has 0 fully saturated rings. The lowest BCUT2D eigenvalue weighted by Gasteiger charge is -2.22. The Morgan fingerprint density at radius 2 is 1.00 bits per heavy atom. The molecular weight excluding hydrogens is 875 g/mol. The number of benzene rings is 2. The van der Waals surface area contributed by atoms with Gasteiger partial charge in [0, 0.05) is 5.56 Å². The number of nitrogens with two attached hydrogens (primary N) is 1. The monoisotopic (exact) mass is 909 g/mol. The first-order chi connectivity index (χ1) is 27.5. The Morgan fingerprint density at radius 3 is 1.42 bits per heavy atom. The van der Waals surface area contributed by atoms with Crippen LogP contribution in [-0.4, -0.2) is 144 Å². The third kappa shape index (κ3) is 15.7. The molecule has 11 N–H and O–H groups in total. The molecule has 0 aliphatic heterocycles. The molecule has 0 aliphatic rings. The number of ether oxygens (including phenoxy) is 1. The molecule has 0 spiro atoms. The highest BCUT2D eigenvalue weighted by atomic mass is 32.2. The number of nitrogens with one attached hydrogen (secondary N) is 4. The summed E-state index contributed by atoms with van der Waals surface area (Å²) in [6, 6.07) is -0.769. The lowest BCUT2D eigenvalue weighted by molar-refractivity contribution is -0.141. The van der Waals surface area contributed by atoms with Crippen LogP contribution in [0.1, 0.15) is 60.3 Å². The number of carbonyl (C=O) groups excluding carboxylic acids is 7. The van der Waals surface area contributed by atoms with Crippen LogP contribution in [-0.2, 0) is 65.7 Å². The molecule has 2 aromatic rings. The highest BCUT2D eigenvalue weighted by Gasteiger charge is 2.36. The van der Waals surface area contributed by atoms with Crippen molar-refractivity contribution >= 4 is 83.6 Å². The molecule has 328 valence electrons. The maximum atomic E-state index is 13.8. The molecule has 0 aliphatic carbocycles. The number of hydrogen-bond donors (Lipinski definition) is 10. The van der Waals surface area contributed by atoms with Crippen molar-refractivity contribution in [1.82, 2.24) is 21.3 Å². The molecule has 2 rings (SSSR count). The van der Waals surface area contributed by atoms with E-state index in [0.29, 0.717) is 17.7 Å². The minimum atomic E-state index is -5.33. The highest BCUT2D eigenvalue weighted by Crippen LogP contribution is 2.21. The Balaban J connectivity index is 2.74. The number of aliphatic carboxylic acids is 2. The van der Waals surface area contributed by atoms with Gasteiger partial charge in [-0.1, -0.05) is 37.3 Å². The molecule has 0 aromatic heterocycles. The standard InChI is InChI=1S/C31H35N5O21S3/c1-2-19(27(41)35-21(29(43)44)12-59(51,52)53)33-26(40)18-9-17(15(8-16(18)24(32)38)23(37)31(47)57-10-14-6-4-3-5-7-14)25(39)34-20(11-58(48,49)50)28(42)36-22(30(45)46)13-60(54,55)56/h3-9,19-22H,2,10-13H2,1H3,(H2,32,38)(H,33,40)(H,34,39)(H,35,41)(H,36,42)(H,43,44)(H,45,46)(H,48,49,50)(H,51,52,53)(H,54,55,56)/t19?,20?,21-,22-/m1/s1. The number of primary amides is 1. The Kier molecular flexibility index (Phi) is 17.0. The van der Waals surface area contributed by atoms with Crippen molar-refractivity contribution in [2.45, 2.75) is 44.1 Å². The zero-order valence-electron chi connectivity index (χ0n) is 30.5. The SMILES string of the molecule is CCC(NC(=O)c1cc(C(=O)NC(CS(=O)(=O)O)C(=O)N[C@H](CS(=O)(=O)O)C(=O)O)c(C(=O)C(=O)OCc2ccccc2)cc1C(N)=O)C(=O)N[C@H](CS(=O)(=O)O)C(=O)O. The highest BCUT2D eigenvalue weighted by molar-refractivity contribution is 7.86. The molecule has 4 atom stereocenters. The van der Waals surface area contributed by atoms with Crippen LogP contribution in [0, 0.1) is 0 Å². The molecule has 0 radical (unpaired) electrons. The van der Waals surface area contributed by atoms with E-state index in [9.17, 15) is 83.2 Å². The van der Waals surface area contributed by atoms with E-state index >= 15 is 0 Å². The summed E-state index contributed by atoms with van der Waals surface area (Å²) in [5, 5.41) is 25.6. The third-order valence-electron chi connectivity index (χ3n) is 7.57. The second kappa shape index (κ2) is 20.5. The molecule has 29 heteroatoms. The fourth-order valence-corrected chi connectivity index (χ4v) is 6.75. The van der Waals surface area contributed by atoms with Crippen molar-refractivity contribution < 1.29 is 97.0 Å². The van der Waals surface area contributed by atoms with Crippen LogP contribution in [0.15, 0.2) is 42.5 Å². The molecule has 0 saturated heterocycles. The van der Waals surface area contributed by atoms with E-state index in [1.807, 2.05) is 5.32 Å². The first-order valence-electron chi connectivity index (χ1n) is 16.3. The van der Waals surface area contributed by atoms with Gasteiger partial charge in [-0.2, -0.15) is 25.3 Å². The van der Waals surface area contributed by atoms with Gasteiger partial charge in [0.05, 0.1) is 16.7 Å². The van der Waals surface area contributed by atoms with Crippen LogP contribution in [0.4, 0.5) is 0 Å². The van der Waals surface area contributed by atoms with Gasteiger partial charge in [0.25, 0.3) is 48.0 Å². The van der Waals surface area contributed by atoms with Crippen LogP contribution in [0.25, 0.3) is 0 Å². The van der Waals surface area contributed by atoms with Gasteiger partial charge in [-0.15, -0.1) is 0 Å². The van der Waals surface area contributed by atoms with Gasteiger partial charge < -0.3 is 42.0 Å². The summed E-state index contributed by atoms with van der Waals surface area (Å²) in [6.07, 6.45) is -0.403. The quantitative estimate of drug-likeness (QED) is 0.0234. The summed E-state index contributed by atoms with van der Waals surface area (Å²) in [5.74, 6) is -20.6. The van der Waals surface area contributed by atoms with Gasteiger partial charge >= 0.3 is 17.9 Å². The number of carboxylic acids is 2. The molecule has 0 saturated carbocycles. The van der Waals surface area contributed by atoms with E-state index in [-0.39, 0.29) is 0 Å². The van der Waals surface area contributed by atoms with Gasteiger partial charge in [0.1, 0.15) is 48.0 Å². The predicted octanol–water partition coefficient (Wildman–Crippen LogP) is -3.88. The average Bonchev–Trinajstić information content (AvgIpc) is 3.12. The first-order valence-corrected chi connectivity index (χ1v) is 21.1. The van der Waals surface area contributed by atoms with Crippen LogP contribution in [0.5, 0.6) is 0 Å². The Bertz CT molecular complexity index is 2400. The van der Waals surface area contributed by atoms with E-state index < -0.39 is 160 Å². The largest absolute Gasteiger partial charge is 0.480 e. The minimum absolute atomic E-state index is 0.344. The fraction of sp³-hybridized carbons (Fsp3) is 0.323. The smallest absolute Gasteiger partial charge is 0.380 e. The molecule has 5 amide bonds. The number of amides is 5.